The van der Waals surface area contributed by atoms with Crippen molar-refractivity contribution >= 4 is 5.91 Å². The minimum absolute atomic E-state index is 0.00883. The second kappa shape index (κ2) is 6.50. The largest absolute Gasteiger partial charge is 0.327 e. The molecule has 0 unspecified atom stereocenters. The van der Waals surface area contributed by atoms with Crippen molar-refractivity contribution in [3.8, 4) is 11.3 Å². The topological polar surface area (TPSA) is 64.2 Å². The molecule has 1 aliphatic rings. The molecule has 2 aromatic rings. The molecule has 6 heteroatoms. The van der Waals surface area contributed by atoms with Gasteiger partial charge in [0.1, 0.15) is 11.6 Å². The van der Waals surface area contributed by atoms with Gasteiger partial charge in [0.15, 0.2) is 0 Å². The molecule has 2 heterocycles. The number of aryl methyl sites for hydroxylation is 1. The molecule has 1 aromatic heterocycles. The molecule has 1 amide bonds. The zero-order valence-corrected chi connectivity index (χ0v) is 16.1. The fraction of sp³-hybridized carbons (Fsp3) is 0.500. The molecule has 0 saturated carbocycles. The summed E-state index contributed by atoms with van der Waals surface area (Å²) in [6.45, 7) is 11.5. The van der Waals surface area contributed by atoms with E-state index >= 15 is 0 Å². The van der Waals surface area contributed by atoms with Gasteiger partial charge >= 0.3 is 0 Å². The third-order valence-corrected chi connectivity index (χ3v) is 5.24. The van der Waals surface area contributed by atoms with Crippen LogP contribution in [0.15, 0.2) is 18.2 Å². The number of nitrogens with two attached hydrogens (primary N) is 1. The summed E-state index contributed by atoms with van der Waals surface area (Å²) in [4.78, 5) is 19.1. The number of fused-ring (bicyclic) bond motifs is 1. The summed E-state index contributed by atoms with van der Waals surface area (Å²) in [7, 11) is 0. The highest BCUT2D eigenvalue weighted by molar-refractivity contribution is 5.79. The fourth-order valence-electron chi connectivity index (χ4n) is 3.98. The van der Waals surface area contributed by atoms with Crippen molar-refractivity contribution in [2.24, 2.45) is 5.73 Å². The minimum Gasteiger partial charge on any atom is -0.327 e. The normalized spacial score (nSPS) is 16.1. The summed E-state index contributed by atoms with van der Waals surface area (Å²) in [6.07, 6.45) is 0. The van der Waals surface area contributed by atoms with Gasteiger partial charge in [-0.1, -0.05) is 13.8 Å². The van der Waals surface area contributed by atoms with E-state index in [2.05, 4.69) is 18.4 Å². The van der Waals surface area contributed by atoms with Crippen LogP contribution in [0.25, 0.3) is 11.3 Å². The second-order valence-electron chi connectivity index (χ2n) is 7.74. The SMILES string of the molecule is Cc1cc(F)ccc1-c1nc2n(c1C(C)C)CCN(C(=O)CN)C2(C)C. The number of halogens is 1. The Morgan fingerprint density at radius 3 is 2.62 bits per heavy atom. The molecule has 3 rings (SSSR count). The van der Waals surface area contributed by atoms with Crippen molar-refractivity contribution in [1.82, 2.24) is 14.5 Å². The van der Waals surface area contributed by atoms with Gasteiger partial charge in [-0.3, -0.25) is 4.79 Å². The number of benzene rings is 1. The zero-order valence-electron chi connectivity index (χ0n) is 16.1. The van der Waals surface area contributed by atoms with E-state index in [1.807, 2.05) is 20.8 Å². The first kappa shape index (κ1) is 18.6. The molecule has 5 nitrogen and oxygen atoms in total. The van der Waals surface area contributed by atoms with Gasteiger partial charge in [0, 0.05) is 24.3 Å². The van der Waals surface area contributed by atoms with E-state index in [1.165, 1.54) is 12.1 Å². The number of carbonyl (C=O) groups excluding carboxylic acids is 1. The highest BCUT2D eigenvalue weighted by Gasteiger charge is 2.41. The molecule has 2 N–H and O–H groups in total. The highest BCUT2D eigenvalue weighted by Crippen LogP contribution is 2.39. The first-order valence-electron chi connectivity index (χ1n) is 9.06. The van der Waals surface area contributed by atoms with Crippen LogP contribution in [0.1, 0.15) is 50.7 Å². The third kappa shape index (κ3) is 2.82. The molecule has 0 bridgehead atoms. The Morgan fingerprint density at radius 1 is 1.35 bits per heavy atom. The lowest BCUT2D eigenvalue weighted by Gasteiger charge is -2.42. The van der Waals surface area contributed by atoms with E-state index in [4.69, 9.17) is 10.7 Å². The monoisotopic (exact) mass is 358 g/mol. The average molecular weight is 358 g/mol. The lowest BCUT2D eigenvalue weighted by atomic mass is 9.98. The molecule has 0 atom stereocenters. The van der Waals surface area contributed by atoms with E-state index in [0.717, 1.165) is 28.3 Å². The van der Waals surface area contributed by atoms with Gasteiger partial charge < -0.3 is 15.2 Å². The van der Waals surface area contributed by atoms with Crippen LogP contribution in [0.4, 0.5) is 4.39 Å². The van der Waals surface area contributed by atoms with Crippen LogP contribution >= 0.6 is 0 Å². The van der Waals surface area contributed by atoms with E-state index in [0.29, 0.717) is 13.1 Å². The van der Waals surface area contributed by atoms with E-state index in [9.17, 15) is 9.18 Å². The molecule has 1 aliphatic heterocycles. The Kier molecular flexibility index (Phi) is 4.65. The summed E-state index contributed by atoms with van der Waals surface area (Å²) in [5.41, 5.74) is 8.84. The van der Waals surface area contributed by atoms with Crippen LogP contribution in [-0.2, 0) is 16.9 Å². The predicted molar refractivity (Wildman–Crippen MR) is 100 cm³/mol. The number of amides is 1. The van der Waals surface area contributed by atoms with Gasteiger partial charge in [0.25, 0.3) is 0 Å². The third-order valence-electron chi connectivity index (χ3n) is 5.24. The highest BCUT2D eigenvalue weighted by atomic mass is 19.1. The van der Waals surface area contributed by atoms with Crippen molar-refractivity contribution in [1.29, 1.82) is 0 Å². The van der Waals surface area contributed by atoms with Gasteiger partial charge in [-0.05, 0) is 50.5 Å². The molecular weight excluding hydrogens is 331 g/mol. The van der Waals surface area contributed by atoms with Crippen LogP contribution in [0.3, 0.4) is 0 Å². The number of hydrogen-bond acceptors (Lipinski definition) is 3. The van der Waals surface area contributed by atoms with Crippen LogP contribution in [0.2, 0.25) is 0 Å². The van der Waals surface area contributed by atoms with Crippen molar-refractivity contribution < 1.29 is 9.18 Å². The molecule has 1 aromatic carbocycles. The van der Waals surface area contributed by atoms with Crippen LogP contribution < -0.4 is 5.73 Å². The number of hydrogen-bond donors (Lipinski definition) is 1. The number of aromatic nitrogens is 2. The summed E-state index contributed by atoms with van der Waals surface area (Å²) >= 11 is 0. The second-order valence-corrected chi connectivity index (χ2v) is 7.74. The first-order valence-corrected chi connectivity index (χ1v) is 9.06. The smallest absolute Gasteiger partial charge is 0.237 e. The Hall–Kier alpha value is -2.21. The molecule has 0 saturated heterocycles. The van der Waals surface area contributed by atoms with E-state index < -0.39 is 5.54 Å². The van der Waals surface area contributed by atoms with Crippen LogP contribution in [0, 0.1) is 12.7 Å². The molecule has 0 aliphatic carbocycles. The minimum atomic E-state index is -0.551. The van der Waals surface area contributed by atoms with Gasteiger partial charge in [-0.2, -0.15) is 0 Å². The van der Waals surface area contributed by atoms with Crippen molar-refractivity contribution in [3.05, 3.63) is 41.1 Å². The summed E-state index contributed by atoms with van der Waals surface area (Å²) in [5, 5.41) is 0. The van der Waals surface area contributed by atoms with Crippen LogP contribution in [-0.4, -0.2) is 33.4 Å². The fourth-order valence-corrected chi connectivity index (χ4v) is 3.98. The molecule has 0 radical (unpaired) electrons. The number of carbonyl (C=O) groups is 1. The van der Waals surface area contributed by atoms with E-state index in [1.54, 1.807) is 11.0 Å². The van der Waals surface area contributed by atoms with Gasteiger partial charge in [-0.25, -0.2) is 9.37 Å². The maximum atomic E-state index is 13.6. The number of rotatable bonds is 3. The van der Waals surface area contributed by atoms with Crippen LogP contribution in [0.5, 0.6) is 0 Å². The quantitative estimate of drug-likeness (QED) is 0.917. The molecule has 140 valence electrons. The molecule has 0 spiro atoms. The lowest BCUT2D eigenvalue weighted by molar-refractivity contribution is -0.137. The van der Waals surface area contributed by atoms with Crippen molar-refractivity contribution in [2.75, 3.05) is 13.1 Å². The Morgan fingerprint density at radius 2 is 2.04 bits per heavy atom. The van der Waals surface area contributed by atoms with E-state index in [-0.39, 0.29) is 24.2 Å². The first-order chi connectivity index (χ1) is 12.2. The predicted octanol–water partition coefficient (Wildman–Crippen LogP) is 3.16. The maximum absolute atomic E-state index is 13.6. The Labute approximate surface area is 154 Å². The van der Waals surface area contributed by atoms with Gasteiger partial charge in [0.05, 0.1) is 17.8 Å². The Balaban J connectivity index is 2.21. The number of nitrogens with zero attached hydrogens (tertiary/aromatic N) is 3. The standard InChI is InChI=1S/C20H27FN4O/c1-12(2)18-17(15-7-6-14(21)10-13(15)3)23-19-20(4,5)25(16(26)11-22)9-8-24(18)19/h6-7,10,12H,8-9,11,22H2,1-5H3. The lowest BCUT2D eigenvalue weighted by Crippen LogP contribution is -2.53. The summed E-state index contributed by atoms with van der Waals surface area (Å²) < 4.78 is 15.8. The maximum Gasteiger partial charge on any atom is 0.237 e. The average Bonchev–Trinajstić information content (AvgIpc) is 2.95. The molecule has 26 heavy (non-hydrogen) atoms. The molecular formula is C20H27FN4O. The van der Waals surface area contributed by atoms with Crippen molar-refractivity contribution in [2.45, 2.75) is 52.6 Å². The van der Waals surface area contributed by atoms with Gasteiger partial charge in [-0.15, -0.1) is 0 Å². The summed E-state index contributed by atoms with van der Waals surface area (Å²) in [6, 6.07) is 4.80. The zero-order chi connectivity index (χ0) is 19.2. The van der Waals surface area contributed by atoms with Gasteiger partial charge in [0.2, 0.25) is 5.91 Å². The summed E-state index contributed by atoms with van der Waals surface area (Å²) in [5.74, 6) is 0.785. The number of imidazole rings is 1. The Bertz CT molecular complexity index is 854. The molecule has 0 fully saturated rings. The van der Waals surface area contributed by atoms with Crippen molar-refractivity contribution in [3.63, 3.8) is 0 Å².